The molecule has 0 aromatic heterocycles. The monoisotopic (exact) mass is 552 g/mol. The van der Waals surface area contributed by atoms with Crippen molar-refractivity contribution in [3.05, 3.63) is 58.7 Å². The lowest BCUT2D eigenvalue weighted by Crippen LogP contribution is -2.53. The molecule has 12 heteroatoms. The highest BCUT2D eigenvalue weighted by Crippen LogP contribution is 2.50. The van der Waals surface area contributed by atoms with Crippen LogP contribution in [0.5, 0.6) is 0 Å². The van der Waals surface area contributed by atoms with E-state index in [0.717, 1.165) is 17.2 Å². The van der Waals surface area contributed by atoms with Gasteiger partial charge in [-0.25, -0.2) is 8.42 Å². The number of hydrogen-bond donors (Lipinski definition) is 1. The van der Waals surface area contributed by atoms with Crippen molar-refractivity contribution in [1.82, 2.24) is 9.21 Å². The van der Waals surface area contributed by atoms with E-state index in [-0.39, 0.29) is 12.0 Å². The summed E-state index contributed by atoms with van der Waals surface area (Å²) in [4.78, 5) is 2.12. The average molecular weight is 553 g/mol. The molecule has 3 rings (SSSR count). The maximum Gasteiger partial charge on any atom is 0.430 e. The topological polar surface area (TPSA) is 60.9 Å². The van der Waals surface area contributed by atoms with Crippen LogP contribution in [0.25, 0.3) is 11.1 Å². The summed E-state index contributed by atoms with van der Waals surface area (Å²) in [6.07, 6.45) is -9.98. The number of aliphatic hydroxyl groups is 1. The van der Waals surface area contributed by atoms with Crippen LogP contribution < -0.4 is 0 Å². The SMILES string of the molecule is CCc1cc(CN2CCN(S(C)(=O)=O)CC2)ccc1-c1ccc(C(O)(C(F)(F)F)C(F)(F)F)cc1CC. The maximum absolute atomic E-state index is 13.4. The Morgan fingerprint density at radius 3 is 1.76 bits per heavy atom. The molecule has 1 heterocycles. The number of alkyl halides is 6. The molecule has 1 aliphatic heterocycles. The molecule has 37 heavy (non-hydrogen) atoms. The molecule has 0 amide bonds. The summed E-state index contributed by atoms with van der Waals surface area (Å²) < 4.78 is 105. The summed E-state index contributed by atoms with van der Waals surface area (Å²) in [7, 11) is -3.24. The van der Waals surface area contributed by atoms with Crippen LogP contribution in [0, 0.1) is 0 Å². The Balaban J connectivity index is 1.92. The van der Waals surface area contributed by atoms with Crippen molar-refractivity contribution in [3.8, 4) is 11.1 Å². The fourth-order valence-electron chi connectivity index (χ4n) is 4.64. The van der Waals surface area contributed by atoms with Gasteiger partial charge in [-0.15, -0.1) is 0 Å². The molecule has 0 unspecified atom stereocenters. The van der Waals surface area contributed by atoms with E-state index in [0.29, 0.717) is 56.3 Å². The number of hydrogen-bond acceptors (Lipinski definition) is 4. The van der Waals surface area contributed by atoms with Gasteiger partial charge in [0.15, 0.2) is 0 Å². The van der Waals surface area contributed by atoms with Crippen molar-refractivity contribution in [2.75, 3.05) is 32.4 Å². The quantitative estimate of drug-likeness (QED) is 0.499. The third kappa shape index (κ3) is 5.97. The third-order valence-corrected chi connectivity index (χ3v) is 8.07. The number of halogens is 6. The second kappa shape index (κ2) is 10.5. The minimum absolute atomic E-state index is 0.157. The summed E-state index contributed by atoms with van der Waals surface area (Å²) in [5.41, 5.74) is -2.95. The lowest BCUT2D eigenvalue weighted by molar-refractivity contribution is -0.376. The van der Waals surface area contributed by atoms with Crippen LogP contribution in [0.3, 0.4) is 0 Å². The minimum Gasteiger partial charge on any atom is -0.369 e. The molecule has 0 radical (unpaired) electrons. The largest absolute Gasteiger partial charge is 0.430 e. The number of sulfonamides is 1. The standard InChI is InChI=1S/C25H30F6N2O3S/c1-4-18-14-17(16-32-10-12-33(13-11-32)37(3,35)36)6-8-21(18)22-9-7-20(15-19(22)5-2)23(34,24(26,27)28)25(29,30)31/h6-9,14-15,34H,4-5,10-13,16H2,1-3H3. The summed E-state index contributed by atoms with van der Waals surface area (Å²) in [5.74, 6) is 0. The zero-order valence-corrected chi connectivity index (χ0v) is 21.6. The number of rotatable bonds is 7. The average Bonchev–Trinajstić information content (AvgIpc) is 2.81. The zero-order valence-electron chi connectivity index (χ0n) is 20.7. The summed E-state index contributed by atoms with van der Waals surface area (Å²) >= 11 is 0. The number of piperazine rings is 1. The molecule has 2 aromatic rings. The molecule has 1 saturated heterocycles. The van der Waals surface area contributed by atoms with Crippen LogP contribution in [0.1, 0.15) is 36.1 Å². The first kappa shape index (κ1) is 29.4. The van der Waals surface area contributed by atoms with Crippen molar-refractivity contribution >= 4 is 10.0 Å². The van der Waals surface area contributed by atoms with Crippen LogP contribution in [0.4, 0.5) is 26.3 Å². The summed E-state index contributed by atoms with van der Waals surface area (Å²) in [5, 5.41) is 9.80. The highest BCUT2D eigenvalue weighted by Gasteiger charge is 2.71. The van der Waals surface area contributed by atoms with Crippen LogP contribution in [0.15, 0.2) is 36.4 Å². The molecule has 0 saturated carbocycles. The predicted molar refractivity (Wildman–Crippen MR) is 128 cm³/mol. The van der Waals surface area contributed by atoms with Gasteiger partial charge in [-0.2, -0.15) is 30.6 Å². The Bertz CT molecular complexity index is 1210. The molecule has 1 aliphatic rings. The number of benzene rings is 2. The Hall–Kier alpha value is -2.15. The smallest absolute Gasteiger partial charge is 0.369 e. The molecule has 0 atom stereocenters. The van der Waals surface area contributed by atoms with Gasteiger partial charge >= 0.3 is 12.4 Å². The molecule has 5 nitrogen and oxygen atoms in total. The van der Waals surface area contributed by atoms with Crippen molar-refractivity contribution in [2.45, 2.75) is 51.2 Å². The lowest BCUT2D eigenvalue weighted by Gasteiger charge is -2.33. The molecule has 1 N–H and O–H groups in total. The summed E-state index contributed by atoms with van der Waals surface area (Å²) in [6.45, 7) is 6.03. The highest BCUT2D eigenvalue weighted by atomic mass is 32.2. The summed E-state index contributed by atoms with van der Waals surface area (Å²) in [6, 6.07) is 8.28. The van der Waals surface area contributed by atoms with Gasteiger partial charge in [0, 0.05) is 38.3 Å². The van der Waals surface area contributed by atoms with Crippen LogP contribution >= 0.6 is 0 Å². The predicted octanol–water partition coefficient (Wildman–Crippen LogP) is 4.87. The van der Waals surface area contributed by atoms with Gasteiger partial charge in [0.1, 0.15) is 0 Å². The molecular formula is C25H30F6N2O3S. The number of nitrogens with zero attached hydrogens (tertiary/aromatic N) is 2. The molecule has 2 aromatic carbocycles. The molecule has 206 valence electrons. The van der Waals surface area contributed by atoms with Crippen molar-refractivity contribution < 1.29 is 39.9 Å². The fourth-order valence-corrected chi connectivity index (χ4v) is 5.47. The van der Waals surface area contributed by atoms with E-state index in [9.17, 15) is 39.9 Å². The second-order valence-electron chi connectivity index (χ2n) is 9.21. The van der Waals surface area contributed by atoms with Crippen LogP contribution in [-0.2, 0) is 35.0 Å². The van der Waals surface area contributed by atoms with Gasteiger partial charge < -0.3 is 5.11 Å². The van der Waals surface area contributed by atoms with E-state index in [2.05, 4.69) is 4.90 Å². The van der Waals surface area contributed by atoms with Gasteiger partial charge in [-0.1, -0.05) is 50.2 Å². The van der Waals surface area contributed by atoms with E-state index >= 15 is 0 Å². The van der Waals surface area contributed by atoms with E-state index in [4.69, 9.17) is 0 Å². The van der Waals surface area contributed by atoms with Gasteiger partial charge in [0.2, 0.25) is 10.0 Å². The first-order valence-corrected chi connectivity index (χ1v) is 13.7. The van der Waals surface area contributed by atoms with Crippen molar-refractivity contribution in [3.63, 3.8) is 0 Å². The molecule has 0 aliphatic carbocycles. The van der Waals surface area contributed by atoms with E-state index < -0.39 is 33.5 Å². The van der Waals surface area contributed by atoms with Crippen molar-refractivity contribution in [2.24, 2.45) is 0 Å². The Kier molecular flexibility index (Phi) is 8.38. The van der Waals surface area contributed by atoms with E-state index in [1.165, 1.54) is 16.6 Å². The second-order valence-corrected chi connectivity index (χ2v) is 11.2. The minimum atomic E-state index is -5.94. The fraction of sp³-hybridized carbons (Fsp3) is 0.520. The third-order valence-electron chi connectivity index (χ3n) is 6.77. The maximum atomic E-state index is 13.4. The Labute approximate surface area is 212 Å². The first-order valence-electron chi connectivity index (χ1n) is 11.8. The number of aryl methyl sites for hydroxylation is 2. The van der Waals surface area contributed by atoms with Crippen LogP contribution in [0.2, 0.25) is 0 Å². The van der Waals surface area contributed by atoms with Crippen molar-refractivity contribution in [1.29, 1.82) is 0 Å². The lowest BCUT2D eigenvalue weighted by atomic mass is 9.86. The first-order chi connectivity index (χ1) is 17.0. The van der Waals surface area contributed by atoms with Gasteiger partial charge in [0.05, 0.1) is 6.26 Å². The highest BCUT2D eigenvalue weighted by molar-refractivity contribution is 7.88. The molecule has 0 spiro atoms. The van der Waals surface area contributed by atoms with Gasteiger partial charge in [0.25, 0.3) is 5.60 Å². The normalized spacial score (nSPS) is 16.8. The van der Waals surface area contributed by atoms with E-state index in [1.807, 2.05) is 19.1 Å². The zero-order chi connectivity index (χ0) is 27.8. The van der Waals surface area contributed by atoms with Gasteiger partial charge in [-0.3, -0.25) is 4.90 Å². The Morgan fingerprint density at radius 2 is 1.30 bits per heavy atom. The molecular weight excluding hydrogens is 522 g/mol. The van der Waals surface area contributed by atoms with Crippen LogP contribution in [-0.4, -0.2) is 67.5 Å². The van der Waals surface area contributed by atoms with E-state index in [1.54, 1.807) is 13.0 Å². The molecule has 0 bridgehead atoms. The van der Waals surface area contributed by atoms with Gasteiger partial charge in [-0.05, 0) is 40.7 Å². The Morgan fingerprint density at radius 1 is 0.811 bits per heavy atom. The molecule has 1 fully saturated rings.